The molecule has 0 fully saturated rings. The molecule has 0 bridgehead atoms. The van der Waals surface area contributed by atoms with Crippen molar-refractivity contribution in [1.82, 2.24) is 10.2 Å². The van der Waals surface area contributed by atoms with Crippen LogP contribution in [0.15, 0.2) is 24.3 Å². The van der Waals surface area contributed by atoms with E-state index >= 15 is 0 Å². The normalized spacial score (nSPS) is 11.6. The van der Waals surface area contributed by atoms with E-state index in [1.165, 1.54) is 24.3 Å². The molecule has 1 aromatic rings. The minimum atomic E-state index is -1.10. The maximum atomic E-state index is 12.1. The summed E-state index contributed by atoms with van der Waals surface area (Å²) in [4.78, 5) is 36.6. The van der Waals surface area contributed by atoms with Crippen molar-refractivity contribution < 1.29 is 19.5 Å². The monoisotopic (exact) mass is 292 g/mol. The maximum absolute atomic E-state index is 12.1. The van der Waals surface area contributed by atoms with Crippen LogP contribution >= 0.6 is 0 Å². The van der Waals surface area contributed by atoms with Gasteiger partial charge in [0.05, 0.1) is 5.56 Å². The highest BCUT2D eigenvalue weighted by Gasteiger charge is 2.20. The Bertz CT molecular complexity index is 538. The molecular weight excluding hydrogens is 272 g/mol. The maximum Gasteiger partial charge on any atom is 0.335 e. The van der Waals surface area contributed by atoms with Gasteiger partial charge >= 0.3 is 5.97 Å². The lowest BCUT2D eigenvalue weighted by atomic mass is 10.1. The van der Waals surface area contributed by atoms with Gasteiger partial charge in [0.25, 0.3) is 5.91 Å². The van der Waals surface area contributed by atoms with E-state index in [4.69, 9.17) is 5.11 Å². The van der Waals surface area contributed by atoms with Crippen LogP contribution in [0.3, 0.4) is 0 Å². The summed E-state index contributed by atoms with van der Waals surface area (Å²) in [5, 5.41) is 11.5. The fourth-order valence-electron chi connectivity index (χ4n) is 1.94. The van der Waals surface area contributed by atoms with Gasteiger partial charge in [-0.1, -0.05) is 6.07 Å². The summed E-state index contributed by atoms with van der Waals surface area (Å²) in [6.45, 7) is 6.49. The summed E-state index contributed by atoms with van der Waals surface area (Å²) >= 11 is 0. The summed E-state index contributed by atoms with van der Waals surface area (Å²) in [5.74, 6) is -1.73. The van der Waals surface area contributed by atoms with Gasteiger partial charge in [0.15, 0.2) is 0 Å². The Labute approximate surface area is 123 Å². The topological polar surface area (TPSA) is 86.7 Å². The first-order valence-corrected chi connectivity index (χ1v) is 6.83. The van der Waals surface area contributed by atoms with Crippen molar-refractivity contribution in [2.45, 2.75) is 26.8 Å². The highest BCUT2D eigenvalue weighted by molar-refractivity contribution is 5.99. The fourth-order valence-corrected chi connectivity index (χ4v) is 1.94. The number of aromatic carboxylic acids is 1. The second-order valence-corrected chi connectivity index (χ2v) is 4.59. The van der Waals surface area contributed by atoms with Crippen molar-refractivity contribution in [3.05, 3.63) is 35.4 Å². The molecule has 0 aliphatic rings. The first kappa shape index (κ1) is 16.7. The van der Waals surface area contributed by atoms with E-state index in [1.54, 1.807) is 11.8 Å². The molecule has 0 saturated heterocycles. The van der Waals surface area contributed by atoms with Crippen molar-refractivity contribution >= 4 is 17.8 Å². The summed E-state index contributed by atoms with van der Waals surface area (Å²) in [5.41, 5.74) is 0.250. The number of amides is 2. The number of nitrogens with zero attached hydrogens (tertiary/aromatic N) is 1. The summed E-state index contributed by atoms with van der Waals surface area (Å²) in [7, 11) is 0. The third-order valence-corrected chi connectivity index (χ3v) is 3.16. The molecule has 0 spiro atoms. The van der Waals surface area contributed by atoms with E-state index in [2.05, 4.69) is 5.32 Å². The molecule has 0 aromatic heterocycles. The number of carboxylic acid groups (broad SMARTS) is 1. The molecule has 6 heteroatoms. The Balaban J connectivity index is 2.79. The predicted octanol–water partition coefficient (Wildman–Crippen LogP) is 1.37. The molecule has 2 N–H and O–H groups in total. The number of carbonyl (C=O) groups is 3. The molecule has 1 aromatic carbocycles. The van der Waals surface area contributed by atoms with E-state index in [1.807, 2.05) is 13.8 Å². The molecule has 1 rings (SSSR count). The van der Waals surface area contributed by atoms with Crippen LogP contribution in [0.1, 0.15) is 41.5 Å². The van der Waals surface area contributed by atoms with Crippen LogP contribution in [0.2, 0.25) is 0 Å². The van der Waals surface area contributed by atoms with E-state index in [9.17, 15) is 14.4 Å². The van der Waals surface area contributed by atoms with Crippen LogP contribution in [-0.4, -0.2) is 46.9 Å². The van der Waals surface area contributed by atoms with Gasteiger partial charge in [-0.3, -0.25) is 9.59 Å². The standard InChI is InChI=1S/C15H20N2O4/c1-4-17(5-2)14(19)10(3)16-13(18)11-7-6-8-12(9-11)15(20)21/h6-10H,4-5H2,1-3H3,(H,16,18)(H,20,21). The van der Waals surface area contributed by atoms with Crippen LogP contribution in [-0.2, 0) is 4.79 Å². The molecule has 0 aliphatic heterocycles. The van der Waals surface area contributed by atoms with E-state index < -0.39 is 17.9 Å². The van der Waals surface area contributed by atoms with E-state index in [0.29, 0.717) is 13.1 Å². The first-order chi connectivity index (χ1) is 9.90. The Kier molecular flexibility index (Phi) is 5.90. The van der Waals surface area contributed by atoms with E-state index in [-0.39, 0.29) is 17.0 Å². The molecular formula is C15H20N2O4. The third-order valence-electron chi connectivity index (χ3n) is 3.16. The highest BCUT2D eigenvalue weighted by atomic mass is 16.4. The van der Waals surface area contributed by atoms with E-state index in [0.717, 1.165) is 0 Å². The van der Waals surface area contributed by atoms with Gasteiger partial charge < -0.3 is 15.3 Å². The van der Waals surface area contributed by atoms with Gasteiger partial charge in [0, 0.05) is 18.7 Å². The number of rotatable bonds is 6. The number of benzene rings is 1. The SMILES string of the molecule is CCN(CC)C(=O)C(C)NC(=O)c1cccc(C(=O)O)c1. The first-order valence-electron chi connectivity index (χ1n) is 6.83. The van der Waals surface area contributed by atoms with Crippen LogP contribution in [0.4, 0.5) is 0 Å². The smallest absolute Gasteiger partial charge is 0.335 e. The minimum Gasteiger partial charge on any atom is -0.478 e. The summed E-state index contributed by atoms with van der Waals surface area (Å²) in [6, 6.07) is 5.03. The zero-order valence-corrected chi connectivity index (χ0v) is 12.4. The Morgan fingerprint density at radius 3 is 2.29 bits per heavy atom. The number of hydrogen-bond acceptors (Lipinski definition) is 3. The Morgan fingerprint density at radius 2 is 1.76 bits per heavy atom. The van der Waals surface area contributed by atoms with Crippen LogP contribution in [0.5, 0.6) is 0 Å². The molecule has 6 nitrogen and oxygen atoms in total. The number of nitrogens with one attached hydrogen (secondary N) is 1. The molecule has 0 radical (unpaired) electrons. The van der Waals surface area contributed by atoms with Gasteiger partial charge in [-0.2, -0.15) is 0 Å². The fraction of sp³-hybridized carbons (Fsp3) is 0.400. The zero-order chi connectivity index (χ0) is 16.0. The average molecular weight is 292 g/mol. The number of carboxylic acids is 1. The lowest BCUT2D eigenvalue weighted by molar-refractivity contribution is -0.132. The molecule has 0 aliphatic carbocycles. The van der Waals surface area contributed by atoms with Gasteiger partial charge in [0.2, 0.25) is 5.91 Å². The second-order valence-electron chi connectivity index (χ2n) is 4.59. The van der Waals surface area contributed by atoms with Crippen molar-refractivity contribution in [3.63, 3.8) is 0 Å². The molecule has 2 amide bonds. The molecule has 114 valence electrons. The van der Waals surface area contributed by atoms with Crippen LogP contribution in [0.25, 0.3) is 0 Å². The lowest BCUT2D eigenvalue weighted by Crippen LogP contribution is -2.46. The van der Waals surface area contributed by atoms with Gasteiger partial charge in [0.1, 0.15) is 6.04 Å². The molecule has 0 saturated carbocycles. The van der Waals surface area contributed by atoms with Crippen molar-refractivity contribution in [2.75, 3.05) is 13.1 Å². The molecule has 1 unspecified atom stereocenters. The third kappa shape index (κ3) is 4.30. The van der Waals surface area contributed by atoms with Crippen molar-refractivity contribution in [3.8, 4) is 0 Å². The Morgan fingerprint density at radius 1 is 1.19 bits per heavy atom. The second kappa shape index (κ2) is 7.42. The number of carbonyl (C=O) groups excluding carboxylic acids is 2. The lowest BCUT2D eigenvalue weighted by Gasteiger charge is -2.23. The van der Waals surface area contributed by atoms with Crippen LogP contribution < -0.4 is 5.32 Å². The number of likely N-dealkylation sites (N-methyl/N-ethyl adjacent to an activating group) is 1. The summed E-state index contributed by atoms with van der Waals surface area (Å²) in [6.07, 6.45) is 0. The van der Waals surface area contributed by atoms with Crippen LogP contribution in [0, 0.1) is 0 Å². The quantitative estimate of drug-likeness (QED) is 0.829. The summed E-state index contributed by atoms with van der Waals surface area (Å²) < 4.78 is 0. The van der Waals surface area contributed by atoms with Crippen molar-refractivity contribution in [1.29, 1.82) is 0 Å². The molecule has 21 heavy (non-hydrogen) atoms. The highest BCUT2D eigenvalue weighted by Crippen LogP contribution is 2.06. The van der Waals surface area contributed by atoms with Gasteiger partial charge in [-0.15, -0.1) is 0 Å². The largest absolute Gasteiger partial charge is 0.478 e. The zero-order valence-electron chi connectivity index (χ0n) is 12.4. The molecule has 1 atom stereocenters. The average Bonchev–Trinajstić information content (AvgIpc) is 2.48. The number of hydrogen-bond donors (Lipinski definition) is 2. The van der Waals surface area contributed by atoms with Gasteiger partial charge in [-0.25, -0.2) is 4.79 Å². The Hall–Kier alpha value is -2.37. The van der Waals surface area contributed by atoms with Gasteiger partial charge in [-0.05, 0) is 39.0 Å². The molecule has 0 heterocycles. The predicted molar refractivity (Wildman–Crippen MR) is 78.3 cm³/mol. The van der Waals surface area contributed by atoms with Crippen molar-refractivity contribution in [2.24, 2.45) is 0 Å². The minimum absolute atomic E-state index is 0.0328.